The van der Waals surface area contributed by atoms with Gasteiger partial charge in [-0.15, -0.1) is 0 Å². The summed E-state index contributed by atoms with van der Waals surface area (Å²) < 4.78 is 16.8. The van der Waals surface area contributed by atoms with Crippen LogP contribution in [0.15, 0.2) is 67.0 Å². The molecule has 2 aromatic carbocycles. The van der Waals surface area contributed by atoms with Crippen molar-refractivity contribution in [2.45, 2.75) is 19.5 Å². The maximum atomic E-state index is 12.9. The van der Waals surface area contributed by atoms with Gasteiger partial charge < -0.3 is 19.1 Å². The van der Waals surface area contributed by atoms with Crippen molar-refractivity contribution < 1.29 is 19.0 Å². The summed E-state index contributed by atoms with van der Waals surface area (Å²) in [7, 11) is 1.61. The van der Waals surface area contributed by atoms with Gasteiger partial charge in [-0.05, 0) is 55.0 Å². The van der Waals surface area contributed by atoms with Gasteiger partial charge in [0.1, 0.15) is 23.9 Å². The van der Waals surface area contributed by atoms with E-state index in [-0.39, 0.29) is 18.6 Å². The number of hydrogen-bond acceptors (Lipinski definition) is 5. The van der Waals surface area contributed by atoms with Crippen molar-refractivity contribution in [3.63, 3.8) is 0 Å². The van der Waals surface area contributed by atoms with Gasteiger partial charge >= 0.3 is 0 Å². The number of amides is 1. The van der Waals surface area contributed by atoms with Crippen LogP contribution in [-0.4, -0.2) is 42.2 Å². The number of methoxy groups -OCH3 is 1. The first kappa shape index (κ1) is 19.8. The van der Waals surface area contributed by atoms with Gasteiger partial charge in [0.05, 0.1) is 13.2 Å². The Hall–Kier alpha value is -3.54. The van der Waals surface area contributed by atoms with Crippen LogP contribution in [0.2, 0.25) is 0 Å². The van der Waals surface area contributed by atoms with Crippen LogP contribution in [0.4, 0.5) is 0 Å². The lowest BCUT2D eigenvalue weighted by molar-refractivity contribution is -0.136. The first-order chi connectivity index (χ1) is 14.6. The highest BCUT2D eigenvalue weighted by Gasteiger charge is 2.26. The third kappa shape index (κ3) is 4.38. The zero-order valence-corrected chi connectivity index (χ0v) is 17.1. The molecule has 1 amide bonds. The van der Waals surface area contributed by atoms with E-state index in [1.165, 1.54) is 0 Å². The minimum absolute atomic E-state index is 0.0334. The van der Waals surface area contributed by atoms with Gasteiger partial charge in [0, 0.05) is 30.1 Å². The first-order valence-corrected chi connectivity index (χ1v) is 9.86. The van der Waals surface area contributed by atoms with Gasteiger partial charge in [-0.25, -0.2) is 0 Å². The third-order valence-corrected chi connectivity index (χ3v) is 5.15. The fraction of sp³-hybridized carbons (Fsp3) is 0.250. The second-order valence-corrected chi connectivity index (χ2v) is 7.21. The molecule has 6 heteroatoms. The molecule has 3 aromatic rings. The fourth-order valence-corrected chi connectivity index (χ4v) is 3.43. The molecule has 0 fully saturated rings. The van der Waals surface area contributed by atoms with E-state index in [1.54, 1.807) is 37.6 Å². The number of benzene rings is 2. The molecule has 0 saturated carbocycles. The summed E-state index contributed by atoms with van der Waals surface area (Å²) in [4.78, 5) is 18.9. The van der Waals surface area contributed by atoms with Crippen molar-refractivity contribution >= 4 is 5.91 Å². The van der Waals surface area contributed by atoms with Crippen LogP contribution in [-0.2, 0) is 11.3 Å². The molecule has 0 saturated heterocycles. The summed E-state index contributed by atoms with van der Waals surface area (Å²) in [6, 6.07) is 17.1. The minimum Gasteiger partial charge on any atom is -0.497 e. The van der Waals surface area contributed by atoms with Gasteiger partial charge in [0.2, 0.25) is 0 Å². The molecular weight excluding hydrogens is 380 g/mol. The highest BCUT2D eigenvalue weighted by molar-refractivity contribution is 5.78. The van der Waals surface area contributed by atoms with Crippen LogP contribution in [0, 0.1) is 0 Å². The maximum Gasteiger partial charge on any atom is 0.261 e. The van der Waals surface area contributed by atoms with Gasteiger partial charge in [0.25, 0.3) is 5.91 Å². The molecule has 1 aliphatic rings. The van der Waals surface area contributed by atoms with Crippen LogP contribution < -0.4 is 14.2 Å². The van der Waals surface area contributed by atoms with Crippen molar-refractivity contribution in [1.29, 1.82) is 0 Å². The van der Waals surface area contributed by atoms with E-state index in [9.17, 15) is 4.79 Å². The van der Waals surface area contributed by atoms with E-state index >= 15 is 0 Å². The second-order valence-electron chi connectivity index (χ2n) is 7.21. The molecule has 1 aromatic heterocycles. The number of ether oxygens (including phenoxy) is 3. The lowest BCUT2D eigenvalue weighted by atomic mass is 10.0. The molecule has 0 N–H and O–H groups in total. The predicted molar refractivity (Wildman–Crippen MR) is 114 cm³/mol. The highest BCUT2D eigenvalue weighted by atomic mass is 16.5. The number of carbonyl (C=O) groups is 1. The molecule has 154 valence electrons. The Balaban J connectivity index is 1.49. The van der Waals surface area contributed by atoms with Gasteiger partial charge in [-0.1, -0.05) is 12.1 Å². The maximum absolute atomic E-state index is 12.9. The molecule has 0 aliphatic carbocycles. The molecule has 0 radical (unpaired) electrons. The number of nitrogens with zero attached hydrogens (tertiary/aromatic N) is 2. The van der Waals surface area contributed by atoms with Crippen LogP contribution in [0.5, 0.6) is 17.2 Å². The summed E-state index contributed by atoms with van der Waals surface area (Å²) in [5.41, 5.74) is 3.04. The van der Waals surface area contributed by atoms with E-state index in [2.05, 4.69) is 11.1 Å². The number of fused-ring (bicyclic) bond motifs is 1. The third-order valence-electron chi connectivity index (χ3n) is 5.15. The van der Waals surface area contributed by atoms with Gasteiger partial charge in [-0.3, -0.25) is 9.78 Å². The van der Waals surface area contributed by atoms with E-state index in [0.717, 1.165) is 28.2 Å². The number of rotatable bonds is 5. The second kappa shape index (κ2) is 8.86. The zero-order chi connectivity index (χ0) is 20.9. The van der Waals surface area contributed by atoms with E-state index in [1.807, 2.05) is 42.3 Å². The van der Waals surface area contributed by atoms with E-state index in [0.29, 0.717) is 18.9 Å². The zero-order valence-electron chi connectivity index (χ0n) is 17.1. The molecule has 30 heavy (non-hydrogen) atoms. The number of pyridine rings is 1. The van der Waals surface area contributed by atoms with Gasteiger partial charge in [-0.2, -0.15) is 0 Å². The lowest BCUT2D eigenvalue weighted by Gasteiger charge is -2.26. The Labute approximate surface area is 176 Å². The Morgan fingerprint density at radius 2 is 1.93 bits per heavy atom. The molecule has 0 unspecified atom stereocenters. The largest absolute Gasteiger partial charge is 0.497 e. The molecule has 0 spiro atoms. The van der Waals surface area contributed by atoms with E-state index < -0.39 is 0 Å². The van der Waals surface area contributed by atoms with E-state index in [4.69, 9.17) is 14.2 Å². The fourth-order valence-electron chi connectivity index (χ4n) is 3.43. The molecular formula is C24H24N2O4. The van der Waals surface area contributed by atoms with Crippen LogP contribution >= 0.6 is 0 Å². The molecule has 1 atom stereocenters. The molecule has 4 rings (SSSR count). The summed E-state index contributed by atoms with van der Waals surface area (Å²) in [6.07, 6.45) is 3.58. The van der Waals surface area contributed by atoms with Crippen molar-refractivity contribution in [2.75, 3.05) is 20.3 Å². The van der Waals surface area contributed by atoms with Crippen LogP contribution in [0.1, 0.15) is 12.5 Å². The number of aromatic nitrogens is 1. The van der Waals surface area contributed by atoms with Gasteiger partial charge in [0.15, 0.2) is 6.61 Å². The summed E-state index contributed by atoms with van der Waals surface area (Å²) in [6.45, 7) is 2.86. The number of hydrogen-bond donors (Lipinski definition) is 0. The Morgan fingerprint density at radius 1 is 1.13 bits per heavy atom. The summed E-state index contributed by atoms with van der Waals surface area (Å²) >= 11 is 0. The lowest BCUT2D eigenvalue weighted by Crippen LogP contribution is -2.42. The average molecular weight is 404 g/mol. The molecule has 2 heterocycles. The topological polar surface area (TPSA) is 60.9 Å². The molecule has 6 nitrogen and oxygen atoms in total. The quantitative estimate of drug-likeness (QED) is 0.645. The highest BCUT2D eigenvalue weighted by Crippen LogP contribution is 2.30. The monoisotopic (exact) mass is 404 g/mol. The standard InChI is InChI=1S/C24H24N2O4/c1-17-15-30-23-10-5-18(19-4-3-11-25-13-19)12-20(23)14-26(17)24(27)16-29-22-8-6-21(28-2)7-9-22/h3-13,17H,14-16H2,1-2H3/t17-/m0/s1. The molecule has 1 aliphatic heterocycles. The summed E-state index contributed by atoms with van der Waals surface area (Å²) in [5, 5.41) is 0. The van der Waals surface area contributed by atoms with Crippen molar-refractivity contribution in [3.8, 4) is 28.4 Å². The average Bonchev–Trinajstić information content (AvgIpc) is 2.97. The van der Waals surface area contributed by atoms with Crippen molar-refractivity contribution in [2.24, 2.45) is 0 Å². The Morgan fingerprint density at radius 3 is 2.67 bits per heavy atom. The van der Waals surface area contributed by atoms with Crippen molar-refractivity contribution in [3.05, 3.63) is 72.6 Å². The summed E-state index contributed by atoms with van der Waals surface area (Å²) in [5.74, 6) is 2.09. The minimum atomic E-state index is -0.0819. The predicted octanol–water partition coefficient (Wildman–Crippen LogP) is 3.95. The first-order valence-electron chi connectivity index (χ1n) is 9.86. The normalized spacial score (nSPS) is 15.5. The SMILES string of the molecule is COc1ccc(OCC(=O)N2Cc3cc(-c4cccnc4)ccc3OC[C@@H]2C)cc1. The molecule has 0 bridgehead atoms. The van der Waals surface area contributed by atoms with Crippen molar-refractivity contribution in [1.82, 2.24) is 9.88 Å². The Kier molecular flexibility index (Phi) is 5.84. The smallest absolute Gasteiger partial charge is 0.261 e. The van der Waals surface area contributed by atoms with Crippen LogP contribution in [0.25, 0.3) is 11.1 Å². The Bertz CT molecular complexity index is 1010. The van der Waals surface area contributed by atoms with Crippen LogP contribution in [0.3, 0.4) is 0 Å². The number of carbonyl (C=O) groups excluding carboxylic acids is 1.